The number of ether oxygens (including phenoxy) is 2. The van der Waals surface area contributed by atoms with Crippen LogP contribution in [0.4, 0.5) is 5.69 Å². The Hall–Kier alpha value is -2.20. The third kappa shape index (κ3) is 2.82. The third-order valence-corrected chi connectivity index (χ3v) is 4.91. The van der Waals surface area contributed by atoms with Crippen LogP contribution in [0, 0.1) is 0 Å². The molecule has 0 aliphatic heterocycles. The molecule has 1 fully saturated rings. The summed E-state index contributed by atoms with van der Waals surface area (Å²) in [5, 5.41) is 3.54. The molecular formula is C19H20ClNO3. The van der Waals surface area contributed by atoms with Crippen molar-refractivity contribution in [2.45, 2.75) is 24.7 Å². The zero-order chi connectivity index (χ0) is 17.2. The Morgan fingerprint density at radius 2 is 1.79 bits per heavy atom. The van der Waals surface area contributed by atoms with Crippen LogP contribution in [-0.2, 0) is 10.2 Å². The first-order chi connectivity index (χ1) is 11.6. The van der Waals surface area contributed by atoms with Crippen molar-refractivity contribution in [2.24, 2.45) is 0 Å². The van der Waals surface area contributed by atoms with Crippen LogP contribution >= 0.6 is 11.6 Å². The molecular weight excluding hydrogens is 326 g/mol. The Kier molecular flexibility index (Phi) is 4.67. The number of benzene rings is 2. The average molecular weight is 346 g/mol. The van der Waals surface area contributed by atoms with E-state index in [0.29, 0.717) is 16.5 Å². The van der Waals surface area contributed by atoms with Crippen molar-refractivity contribution in [3.63, 3.8) is 0 Å². The smallest absolute Gasteiger partial charge is 0.235 e. The van der Waals surface area contributed by atoms with E-state index in [1.165, 1.54) is 0 Å². The number of para-hydroxylation sites is 1. The van der Waals surface area contributed by atoms with Gasteiger partial charge in [0, 0.05) is 10.6 Å². The van der Waals surface area contributed by atoms with Gasteiger partial charge in [-0.25, -0.2) is 0 Å². The van der Waals surface area contributed by atoms with E-state index in [-0.39, 0.29) is 5.91 Å². The summed E-state index contributed by atoms with van der Waals surface area (Å²) in [6.07, 6.45) is 2.60. The number of anilines is 1. The van der Waals surface area contributed by atoms with Gasteiger partial charge < -0.3 is 14.8 Å². The lowest BCUT2D eigenvalue weighted by molar-refractivity contribution is -0.124. The van der Waals surface area contributed by atoms with Crippen LogP contribution < -0.4 is 14.8 Å². The Morgan fingerprint density at radius 3 is 2.42 bits per heavy atom. The minimum atomic E-state index is -0.570. The van der Waals surface area contributed by atoms with Crippen molar-refractivity contribution >= 4 is 23.2 Å². The number of rotatable bonds is 5. The highest BCUT2D eigenvalue weighted by Gasteiger charge is 2.47. The van der Waals surface area contributed by atoms with Crippen molar-refractivity contribution in [3.8, 4) is 11.5 Å². The van der Waals surface area contributed by atoms with Crippen LogP contribution in [-0.4, -0.2) is 20.1 Å². The quantitative estimate of drug-likeness (QED) is 0.872. The fourth-order valence-corrected chi connectivity index (χ4v) is 3.38. The summed E-state index contributed by atoms with van der Waals surface area (Å²) in [7, 11) is 3.20. The van der Waals surface area contributed by atoms with E-state index in [4.69, 9.17) is 21.1 Å². The monoisotopic (exact) mass is 345 g/mol. The number of hydrogen-bond acceptors (Lipinski definition) is 3. The molecule has 126 valence electrons. The molecule has 1 saturated carbocycles. The highest BCUT2D eigenvalue weighted by Crippen LogP contribution is 2.48. The van der Waals surface area contributed by atoms with Crippen LogP contribution in [0.1, 0.15) is 24.8 Å². The van der Waals surface area contributed by atoms with Gasteiger partial charge in [0.25, 0.3) is 0 Å². The zero-order valence-corrected chi connectivity index (χ0v) is 14.5. The molecule has 4 nitrogen and oxygen atoms in total. The van der Waals surface area contributed by atoms with E-state index < -0.39 is 5.41 Å². The summed E-state index contributed by atoms with van der Waals surface area (Å²) >= 11 is 6.06. The maximum atomic E-state index is 13.1. The molecule has 24 heavy (non-hydrogen) atoms. The summed E-state index contributed by atoms with van der Waals surface area (Å²) in [5.74, 6) is 1.27. The summed E-state index contributed by atoms with van der Waals surface area (Å²) in [4.78, 5) is 13.1. The van der Waals surface area contributed by atoms with Gasteiger partial charge in [-0.1, -0.05) is 36.2 Å². The van der Waals surface area contributed by atoms with Crippen molar-refractivity contribution in [2.75, 3.05) is 19.5 Å². The molecule has 5 heteroatoms. The van der Waals surface area contributed by atoms with Gasteiger partial charge in [0.05, 0.1) is 25.3 Å². The molecule has 0 spiro atoms. The second-order valence-corrected chi connectivity index (χ2v) is 6.37. The summed E-state index contributed by atoms with van der Waals surface area (Å²) in [6.45, 7) is 0. The van der Waals surface area contributed by atoms with Gasteiger partial charge in [0.1, 0.15) is 11.5 Å². The molecule has 0 saturated heterocycles. The SMILES string of the molecule is COc1ccc(Cl)cc1NC(=O)C1(c2ccccc2OC)CCC1. The van der Waals surface area contributed by atoms with Crippen LogP contribution in [0.25, 0.3) is 0 Å². The molecule has 1 aliphatic carbocycles. The van der Waals surface area contributed by atoms with Crippen molar-refractivity contribution in [1.82, 2.24) is 0 Å². The normalized spacial score (nSPS) is 15.3. The van der Waals surface area contributed by atoms with E-state index in [0.717, 1.165) is 30.6 Å². The Balaban J connectivity index is 1.94. The van der Waals surface area contributed by atoms with Crippen molar-refractivity contribution in [3.05, 3.63) is 53.1 Å². The lowest BCUT2D eigenvalue weighted by atomic mass is 9.63. The first-order valence-electron chi connectivity index (χ1n) is 7.89. The highest BCUT2D eigenvalue weighted by molar-refractivity contribution is 6.31. The standard InChI is InChI=1S/C19H20ClNO3/c1-23-16-7-4-3-6-14(16)19(10-5-11-19)18(22)21-15-12-13(20)8-9-17(15)24-2/h3-4,6-9,12H,5,10-11H2,1-2H3,(H,21,22). The first kappa shape index (κ1) is 16.7. The minimum absolute atomic E-state index is 0.0567. The third-order valence-electron chi connectivity index (χ3n) is 4.67. The summed E-state index contributed by atoms with van der Waals surface area (Å²) in [5.41, 5.74) is 0.938. The number of amides is 1. The lowest BCUT2D eigenvalue weighted by Crippen LogP contribution is -2.46. The van der Waals surface area contributed by atoms with Crippen LogP contribution in [0.15, 0.2) is 42.5 Å². The number of halogens is 1. The van der Waals surface area contributed by atoms with Crippen LogP contribution in [0.3, 0.4) is 0 Å². The highest BCUT2D eigenvalue weighted by atomic mass is 35.5. The number of carbonyl (C=O) groups excluding carboxylic acids is 1. The van der Waals surface area contributed by atoms with Crippen LogP contribution in [0.2, 0.25) is 5.02 Å². The molecule has 0 radical (unpaired) electrons. The van der Waals surface area contributed by atoms with E-state index in [1.807, 2.05) is 24.3 Å². The number of carbonyl (C=O) groups is 1. The first-order valence-corrected chi connectivity index (χ1v) is 8.27. The van der Waals surface area contributed by atoms with E-state index in [1.54, 1.807) is 32.4 Å². The molecule has 0 unspecified atom stereocenters. The largest absolute Gasteiger partial charge is 0.496 e. The van der Waals surface area contributed by atoms with Crippen molar-refractivity contribution < 1.29 is 14.3 Å². The molecule has 2 aromatic rings. The van der Waals surface area contributed by atoms with E-state index in [2.05, 4.69) is 5.32 Å². The van der Waals surface area contributed by atoms with Gasteiger partial charge in [-0.3, -0.25) is 4.79 Å². The predicted molar refractivity (Wildman–Crippen MR) is 95.2 cm³/mol. The minimum Gasteiger partial charge on any atom is -0.496 e. The molecule has 0 aromatic heterocycles. The topological polar surface area (TPSA) is 47.6 Å². The van der Waals surface area contributed by atoms with Gasteiger partial charge in [0.2, 0.25) is 5.91 Å². The fraction of sp³-hybridized carbons (Fsp3) is 0.316. The Bertz CT molecular complexity index is 756. The number of nitrogens with one attached hydrogen (secondary N) is 1. The number of hydrogen-bond donors (Lipinski definition) is 1. The predicted octanol–water partition coefficient (Wildman–Crippen LogP) is 4.42. The zero-order valence-electron chi connectivity index (χ0n) is 13.8. The molecule has 0 heterocycles. The molecule has 0 atom stereocenters. The second-order valence-electron chi connectivity index (χ2n) is 5.93. The maximum Gasteiger partial charge on any atom is 0.235 e. The average Bonchev–Trinajstić information content (AvgIpc) is 2.54. The maximum absolute atomic E-state index is 13.1. The van der Waals surface area contributed by atoms with Gasteiger partial charge in [-0.05, 0) is 37.1 Å². The molecule has 1 amide bonds. The number of methoxy groups -OCH3 is 2. The Labute approximate surface area is 146 Å². The fourth-order valence-electron chi connectivity index (χ4n) is 3.21. The van der Waals surface area contributed by atoms with Crippen LogP contribution in [0.5, 0.6) is 11.5 Å². The van der Waals surface area contributed by atoms with E-state index in [9.17, 15) is 4.79 Å². The van der Waals surface area contributed by atoms with Gasteiger partial charge in [0.15, 0.2) is 0 Å². The summed E-state index contributed by atoms with van der Waals surface area (Å²) in [6, 6.07) is 12.9. The molecule has 2 aromatic carbocycles. The molecule has 3 rings (SSSR count). The van der Waals surface area contributed by atoms with E-state index >= 15 is 0 Å². The lowest BCUT2D eigenvalue weighted by Gasteiger charge is -2.41. The molecule has 0 bridgehead atoms. The van der Waals surface area contributed by atoms with Gasteiger partial charge in [-0.15, -0.1) is 0 Å². The van der Waals surface area contributed by atoms with Gasteiger partial charge >= 0.3 is 0 Å². The summed E-state index contributed by atoms with van der Waals surface area (Å²) < 4.78 is 10.8. The Morgan fingerprint density at radius 1 is 1.08 bits per heavy atom. The molecule has 1 aliphatic rings. The van der Waals surface area contributed by atoms with Gasteiger partial charge in [-0.2, -0.15) is 0 Å². The molecule has 1 N–H and O–H groups in total. The second kappa shape index (κ2) is 6.73. The van der Waals surface area contributed by atoms with Crippen molar-refractivity contribution in [1.29, 1.82) is 0 Å².